The first-order valence-electron chi connectivity index (χ1n) is 3.99. The molecule has 0 aliphatic carbocycles. The Kier molecular flexibility index (Phi) is 3.09. The fourth-order valence-corrected chi connectivity index (χ4v) is 2.29. The van der Waals surface area contributed by atoms with E-state index in [2.05, 4.69) is 25.3 Å². The van der Waals surface area contributed by atoms with E-state index in [4.69, 9.17) is 5.73 Å². The van der Waals surface area contributed by atoms with Crippen molar-refractivity contribution >= 4 is 11.3 Å². The van der Waals surface area contributed by atoms with E-state index in [1.54, 1.807) is 0 Å². The summed E-state index contributed by atoms with van der Waals surface area (Å²) in [5, 5.41) is 2.15. The molecule has 0 amide bonds. The summed E-state index contributed by atoms with van der Waals surface area (Å²) in [6.07, 6.45) is 1.10. The lowest BCUT2D eigenvalue weighted by atomic mass is 10.0. The van der Waals surface area contributed by atoms with Crippen LogP contribution in [0.4, 0.5) is 0 Å². The third-order valence-corrected chi connectivity index (χ3v) is 3.20. The molecule has 0 radical (unpaired) electrons. The normalized spacial score (nSPS) is 13.4. The molecule has 1 unspecified atom stereocenters. The lowest BCUT2D eigenvalue weighted by Crippen LogP contribution is -2.03. The minimum Gasteiger partial charge on any atom is -0.330 e. The molecule has 0 fully saturated rings. The molecule has 0 aromatic carbocycles. The van der Waals surface area contributed by atoms with Crippen LogP contribution in [0.25, 0.3) is 0 Å². The Morgan fingerprint density at radius 2 is 2.36 bits per heavy atom. The van der Waals surface area contributed by atoms with Gasteiger partial charge in [-0.05, 0) is 42.8 Å². The predicted molar refractivity (Wildman–Crippen MR) is 51.1 cm³/mol. The number of hydrogen-bond donors (Lipinski definition) is 1. The van der Waals surface area contributed by atoms with Crippen molar-refractivity contribution in [3.63, 3.8) is 0 Å². The van der Waals surface area contributed by atoms with Crippen molar-refractivity contribution in [1.82, 2.24) is 0 Å². The second-order valence-electron chi connectivity index (χ2n) is 2.95. The molecule has 62 valence electrons. The lowest BCUT2D eigenvalue weighted by molar-refractivity contribution is 0.698. The van der Waals surface area contributed by atoms with Gasteiger partial charge in [0, 0.05) is 4.88 Å². The van der Waals surface area contributed by atoms with Crippen molar-refractivity contribution in [1.29, 1.82) is 0 Å². The van der Waals surface area contributed by atoms with Gasteiger partial charge in [0.2, 0.25) is 0 Å². The monoisotopic (exact) mass is 169 g/mol. The van der Waals surface area contributed by atoms with Gasteiger partial charge in [-0.3, -0.25) is 0 Å². The first kappa shape index (κ1) is 8.75. The Morgan fingerprint density at radius 1 is 1.64 bits per heavy atom. The zero-order valence-electron chi connectivity index (χ0n) is 7.13. The summed E-state index contributed by atoms with van der Waals surface area (Å²) in [4.78, 5) is 1.50. The summed E-state index contributed by atoms with van der Waals surface area (Å²) in [6, 6.07) is 2.17. The van der Waals surface area contributed by atoms with Gasteiger partial charge in [-0.15, -0.1) is 11.3 Å². The summed E-state index contributed by atoms with van der Waals surface area (Å²) >= 11 is 1.84. The molecule has 0 spiro atoms. The van der Waals surface area contributed by atoms with Gasteiger partial charge >= 0.3 is 0 Å². The van der Waals surface area contributed by atoms with Crippen LogP contribution >= 0.6 is 11.3 Å². The van der Waals surface area contributed by atoms with Crippen molar-refractivity contribution in [2.75, 3.05) is 6.54 Å². The van der Waals surface area contributed by atoms with Gasteiger partial charge in [-0.2, -0.15) is 0 Å². The summed E-state index contributed by atoms with van der Waals surface area (Å²) in [6.45, 7) is 5.20. The first-order valence-corrected chi connectivity index (χ1v) is 4.87. The van der Waals surface area contributed by atoms with E-state index in [0.717, 1.165) is 13.0 Å². The first-order chi connectivity index (χ1) is 5.25. The third-order valence-electron chi connectivity index (χ3n) is 1.95. The molecule has 1 aromatic rings. The molecule has 0 bridgehead atoms. The molecule has 1 aromatic heterocycles. The van der Waals surface area contributed by atoms with E-state index >= 15 is 0 Å². The van der Waals surface area contributed by atoms with E-state index in [0.29, 0.717) is 5.92 Å². The highest BCUT2D eigenvalue weighted by atomic mass is 32.1. The zero-order valence-corrected chi connectivity index (χ0v) is 7.95. The average molecular weight is 169 g/mol. The number of thiophene rings is 1. The van der Waals surface area contributed by atoms with Gasteiger partial charge in [-0.25, -0.2) is 0 Å². The summed E-state index contributed by atoms with van der Waals surface area (Å²) in [5.74, 6) is 0.639. The van der Waals surface area contributed by atoms with Crippen molar-refractivity contribution in [2.45, 2.75) is 26.2 Å². The minimum absolute atomic E-state index is 0.639. The van der Waals surface area contributed by atoms with E-state index in [1.165, 1.54) is 10.4 Å². The topological polar surface area (TPSA) is 26.0 Å². The second-order valence-corrected chi connectivity index (χ2v) is 3.89. The second kappa shape index (κ2) is 3.88. The van der Waals surface area contributed by atoms with Crippen LogP contribution in [0.1, 0.15) is 29.7 Å². The minimum atomic E-state index is 0.639. The highest BCUT2D eigenvalue weighted by molar-refractivity contribution is 7.10. The SMILES string of the molecule is Cc1ccsc1C(C)CCN. The highest BCUT2D eigenvalue weighted by Gasteiger charge is 2.07. The molecule has 11 heavy (non-hydrogen) atoms. The fourth-order valence-electron chi connectivity index (χ4n) is 1.27. The number of nitrogens with two attached hydrogens (primary N) is 1. The van der Waals surface area contributed by atoms with Gasteiger partial charge < -0.3 is 5.73 Å². The molecule has 0 saturated carbocycles. The van der Waals surface area contributed by atoms with Crippen molar-refractivity contribution in [3.05, 3.63) is 21.9 Å². The van der Waals surface area contributed by atoms with Crippen molar-refractivity contribution in [3.8, 4) is 0 Å². The average Bonchev–Trinajstić information content (AvgIpc) is 2.36. The largest absolute Gasteiger partial charge is 0.330 e. The van der Waals surface area contributed by atoms with Gasteiger partial charge in [0.1, 0.15) is 0 Å². The molecule has 2 N–H and O–H groups in total. The predicted octanol–water partition coefficient (Wildman–Crippen LogP) is 2.51. The molecular formula is C9H15NS. The van der Waals surface area contributed by atoms with Crippen molar-refractivity contribution < 1.29 is 0 Å². The molecule has 0 aliphatic rings. The molecule has 2 heteroatoms. The molecule has 1 heterocycles. The Labute approximate surface area is 72.2 Å². The molecule has 1 atom stereocenters. The Balaban J connectivity index is 2.67. The van der Waals surface area contributed by atoms with Crippen LogP contribution < -0.4 is 5.73 Å². The molecular weight excluding hydrogens is 154 g/mol. The molecule has 1 nitrogen and oxygen atoms in total. The third kappa shape index (κ3) is 2.04. The maximum Gasteiger partial charge on any atom is 0.0103 e. The maximum atomic E-state index is 5.49. The summed E-state index contributed by atoms with van der Waals surface area (Å²) < 4.78 is 0. The van der Waals surface area contributed by atoms with Gasteiger partial charge in [-0.1, -0.05) is 6.92 Å². The smallest absolute Gasteiger partial charge is 0.0103 e. The quantitative estimate of drug-likeness (QED) is 0.739. The van der Waals surface area contributed by atoms with Crippen molar-refractivity contribution in [2.24, 2.45) is 5.73 Å². The number of rotatable bonds is 3. The Morgan fingerprint density at radius 3 is 2.82 bits per heavy atom. The summed E-state index contributed by atoms with van der Waals surface area (Å²) in [7, 11) is 0. The lowest BCUT2D eigenvalue weighted by Gasteiger charge is -2.08. The zero-order chi connectivity index (χ0) is 8.27. The maximum absolute atomic E-state index is 5.49. The van der Waals surface area contributed by atoms with Gasteiger partial charge in [0.25, 0.3) is 0 Å². The van der Waals surface area contributed by atoms with Crippen LogP contribution in [-0.4, -0.2) is 6.54 Å². The van der Waals surface area contributed by atoms with Crippen LogP contribution in [0.15, 0.2) is 11.4 Å². The van der Waals surface area contributed by atoms with Gasteiger partial charge in [0.05, 0.1) is 0 Å². The van der Waals surface area contributed by atoms with E-state index in [1.807, 2.05) is 11.3 Å². The molecule has 0 aliphatic heterocycles. The van der Waals surface area contributed by atoms with Crippen LogP contribution in [0.5, 0.6) is 0 Å². The highest BCUT2D eigenvalue weighted by Crippen LogP contribution is 2.26. The number of aryl methyl sites for hydroxylation is 1. The molecule has 0 saturated heterocycles. The van der Waals surface area contributed by atoms with Crippen LogP contribution in [0.2, 0.25) is 0 Å². The Bertz CT molecular complexity index is 217. The van der Waals surface area contributed by atoms with E-state index < -0.39 is 0 Å². The van der Waals surface area contributed by atoms with E-state index in [-0.39, 0.29) is 0 Å². The van der Waals surface area contributed by atoms with Gasteiger partial charge in [0.15, 0.2) is 0 Å². The van der Waals surface area contributed by atoms with Crippen LogP contribution in [0, 0.1) is 6.92 Å². The standard InChI is InChI=1S/C9H15NS/c1-7(3-5-10)9-8(2)4-6-11-9/h4,6-7H,3,5,10H2,1-2H3. The van der Waals surface area contributed by atoms with Crippen LogP contribution in [-0.2, 0) is 0 Å². The van der Waals surface area contributed by atoms with Crippen LogP contribution in [0.3, 0.4) is 0 Å². The van der Waals surface area contributed by atoms with E-state index in [9.17, 15) is 0 Å². The Hall–Kier alpha value is -0.340. The fraction of sp³-hybridized carbons (Fsp3) is 0.556. The summed E-state index contributed by atoms with van der Waals surface area (Å²) in [5.41, 5.74) is 6.90. The molecule has 1 rings (SSSR count). The number of hydrogen-bond acceptors (Lipinski definition) is 2.